The van der Waals surface area contributed by atoms with Gasteiger partial charge in [0.05, 0.1) is 31.0 Å². The number of unbranched alkanes of at least 4 members (excludes halogenated alkanes) is 1. The van der Waals surface area contributed by atoms with Crippen LogP contribution in [-0.4, -0.2) is 56.3 Å². The molecule has 0 bridgehead atoms. The highest BCUT2D eigenvalue weighted by molar-refractivity contribution is 6.01. The molecule has 3 aromatic rings. The van der Waals surface area contributed by atoms with E-state index in [4.69, 9.17) is 13.9 Å². The van der Waals surface area contributed by atoms with Crippen molar-refractivity contribution < 1.29 is 33.7 Å². The van der Waals surface area contributed by atoms with Gasteiger partial charge < -0.3 is 24.1 Å². The van der Waals surface area contributed by atoms with E-state index < -0.39 is 5.88 Å². The maximum Gasteiger partial charge on any atom is 0.257 e. The largest absolute Gasteiger partial charge is 0.506 e. The van der Waals surface area contributed by atoms with Crippen molar-refractivity contribution in [3.05, 3.63) is 29.8 Å². The van der Waals surface area contributed by atoms with Crippen molar-refractivity contribution in [3.8, 4) is 45.7 Å². The lowest BCUT2D eigenvalue weighted by atomic mass is 9.95. The van der Waals surface area contributed by atoms with Gasteiger partial charge >= 0.3 is 0 Å². The summed E-state index contributed by atoms with van der Waals surface area (Å²) in [5.74, 6) is -0.834. The molecule has 11 heteroatoms. The highest BCUT2D eigenvalue weighted by Crippen LogP contribution is 2.49. The van der Waals surface area contributed by atoms with Gasteiger partial charge in [-0.1, -0.05) is 19.4 Å². The molecule has 3 heterocycles. The highest BCUT2D eigenvalue weighted by Gasteiger charge is 2.32. The first-order valence-electron chi connectivity index (χ1n) is 11.2. The summed E-state index contributed by atoms with van der Waals surface area (Å²) in [5, 5.41) is 30.0. The van der Waals surface area contributed by atoms with E-state index in [-0.39, 0.29) is 54.3 Å². The number of rotatable bonds is 9. The smallest absolute Gasteiger partial charge is 0.257 e. The SMILES string of the molecule is CCCCc1nc(O)c(-c2nnc(CN3C(=O)CCC3=O)o2)c(O)c1-c1c(OC)cccc1OC. The van der Waals surface area contributed by atoms with Gasteiger partial charge in [0.1, 0.15) is 29.4 Å². The summed E-state index contributed by atoms with van der Waals surface area (Å²) in [6, 6.07) is 5.20. The first kappa shape index (κ1) is 24.0. The Hall–Kier alpha value is -4.15. The number of imide groups is 1. The Balaban J connectivity index is 1.85. The van der Waals surface area contributed by atoms with Gasteiger partial charge in [-0.3, -0.25) is 14.5 Å². The van der Waals surface area contributed by atoms with Crippen LogP contribution in [0.15, 0.2) is 22.6 Å². The van der Waals surface area contributed by atoms with E-state index in [1.165, 1.54) is 14.2 Å². The predicted molar refractivity (Wildman–Crippen MR) is 123 cm³/mol. The number of aromatic hydroxyl groups is 2. The molecule has 184 valence electrons. The second-order valence-electron chi connectivity index (χ2n) is 8.00. The van der Waals surface area contributed by atoms with Gasteiger partial charge in [-0.05, 0) is 25.0 Å². The van der Waals surface area contributed by atoms with E-state index in [0.29, 0.717) is 34.7 Å². The number of methoxy groups -OCH3 is 2. The zero-order valence-electron chi connectivity index (χ0n) is 19.7. The van der Waals surface area contributed by atoms with Crippen LogP contribution in [0.4, 0.5) is 0 Å². The fourth-order valence-electron chi connectivity index (χ4n) is 4.04. The quantitative estimate of drug-likeness (QED) is 0.435. The lowest BCUT2D eigenvalue weighted by molar-refractivity contribution is -0.139. The number of hydrogen-bond donors (Lipinski definition) is 2. The third-order valence-electron chi connectivity index (χ3n) is 5.80. The number of aromatic nitrogens is 3. The number of carbonyl (C=O) groups is 2. The molecule has 1 fully saturated rings. The van der Waals surface area contributed by atoms with Crippen molar-refractivity contribution in [2.75, 3.05) is 14.2 Å². The molecule has 2 N–H and O–H groups in total. The highest BCUT2D eigenvalue weighted by atomic mass is 16.5. The zero-order chi connectivity index (χ0) is 25.1. The molecule has 0 atom stereocenters. The molecule has 1 aromatic carbocycles. The minimum Gasteiger partial charge on any atom is -0.506 e. The summed E-state index contributed by atoms with van der Waals surface area (Å²) >= 11 is 0. The topological polar surface area (TPSA) is 148 Å². The number of benzene rings is 1. The summed E-state index contributed by atoms with van der Waals surface area (Å²) in [7, 11) is 3.00. The monoisotopic (exact) mass is 482 g/mol. The van der Waals surface area contributed by atoms with Crippen molar-refractivity contribution in [2.24, 2.45) is 0 Å². The third kappa shape index (κ3) is 4.48. The van der Waals surface area contributed by atoms with Gasteiger partial charge in [0.15, 0.2) is 0 Å². The molecule has 1 saturated heterocycles. The number of carbonyl (C=O) groups excluding carboxylic acids is 2. The first-order chi connectivity index (χ1) is 16.9. The maximum absolute atomic E-state index is 11.9. The van der Waals surface area contributed by atoms with Crippen LogP contribution in [0.3, 0.4) is 0 Å². The molecular weight excluding hydrogens is 456 g/mol. The number of aryl methyl sites for hydroxylation is 1. The van der Waals surface area contributed by atoms with Crippen molar-refractivity contribution >= 4 is 11.8 Å². The molecule has 35 heavy (non-hydrogen) atoms. The van der Waals surface area contributed by atoms with Gasteiger partial charge in [-0.25, -0.2) is 4.98 Å². The Morgan fingerprint density at radius 2 is 1.66 bits per heavy atom. The lowest BCUT2D eigenvalue weighted by Gasteiger charge is -2.18. The second kappa shape index (κ2) is 10.00. The van der Waals surface area contributed by atoms with Crippen LogP contribution in [-0.2, 0) is 22.6 Å². The fraction of sp³-hybridized carbons (Fsp3) is 0.375. The first-order valence-corrected chi connectivity index (χ1v) is 11.2. The van der Waals surface area contributed by atoms with Crippen molar-refractivity contribution in [1.82, 2.24) is 20.1 Å². The molecule has 2 amide bonds. The van der Waals surface area contributed by atoms with Crippen LogP contribution >= 0.6 is 0 Å². The summed E-state index contributed by atoms with van der Waals surface area (Å²) in [5.41, 5.74) is 1.04. The standard InChI is InChI=1S/C24H26N4O7/c1-4-5-7-13-19(20-14(33-2)8-6-9-15(20)34-3)22(31)21(23(32)25-13)24-27-26-16(35-24)12-28-17(29)10-11-18(28)30/h6,8-9H,4-5,7,10-12H2,1-3H3,(H2,25,31,32). The maximum atomic E-state index is 11.9. The Kier molecular flexibility index (Phi) is 6.85. The van der Waals surface area contributed by atoms with Crippen LogP contribution < -0.4 is 9.47 Å². The normalized spacial score (nSPS) is 13.5. The molecule has 1 aliphatic rings. The van der Waals surface area contributed by atoms with Crippen molar-refractivity contribution in [3.63, 3.8) is 0 Å². The number of hydrogen-bond acceptors (Lipinski definition) is 10. The minimum absolute atomic E-state index is 0.0196. The van der Waals surface area contributed by atoms with Crippen LogP contribution in [0.1, 0.15) is 44.2 Å². The van der Waals surface area contributed by atoms with E-state index in [0.717, 1.165) is 17.7 Å². The summed E-state index contributed by atoms with van der Waals surface area (Å²) in [6.45, 7) is 1.83. The van der Waals surface area contributed by atoms with E-state index in [9.17, 15) is 19.8 Å². The Morgan fingerprint density at radius 1 is 1.00 bits per heavy atom. The predicted octanol–water partition coefficient (Wildman–Crippen LogP) is 3.22. The van der Waals surface area contributed by atoms with E-state index in [1.54, 1.807) is 18.2 Å². The number of nitrogens with zero attached hydrogens (tertiary/aromatic N) is 4. The molecule has 2 aromatic heterocycles. The molecule has 0 unspecified atom stereocenters. The van der Waals surface area contributed by atoms with Crippen molar-refractivity contribution in [1.29, 1.82) is 0 Å². The number of likely N-dealkylation sites (tertiary alicyclic amines) is 1. The molecule has 11 nitrogen and oxygen atoms in total. The van der Waals surface area contributed by atoms with Gasteiger partial charge in [-0.2, -0.15) is 0 Å². The fourth-order valence-corrected chi connectivity index (χ4v) is 4.04. The van der Waals surface area contributed by atoms with Gasteiger partial charge in [-0.15, -0.1) is 10.2 Å². The minimum atomic E-state index is -0.491. The summed E-state index contributed by atoms with van der Waals surface area (Å²) in [6.07, 6.45) is 2.37. The number of ether oxygens (including phenoxy) is 2. The Labute approximate surface area is 201 Å². The van der Waals surface area contributed by atoms with Gasteiger partial charge in [0, 0.05) is 12.8 Å². The van der Waals surface area contributed by atoms with E-state index in [1.807, 2.05) is 6.92 Å². The van der Waals surface area contributed by atoms with Gasteiger partial charge in [0.25, 0.3) is 5.89 Å². The average molecular weight is 482 g/mol. The van der Waals surface area contributed by atoms with Crippen LogP contribution in [0.25, 0.3) is 22.6 Å². The second-order valence-corrected chi connectivity index (χ2v) is 8.00. The van der Waals surface area contributed by atoms with Crippen LogP contribution in [0.5, 0.6) is 23.1 Å². The molecule has 4 rings (SSSR count). The van der Waals surface area contributed by atoms with Crippen molar-refractivity contribution in [2.45, 2.75) is 45.6 Å². The third-order valence-corrected chi connectivity index (χ3v) is 5.80. The number of amides is 2. The Morgan fingerprint density at radius 3 is 2.26 bits per heavy atom. The molecule has 0 spiro atoms. The Bertz CT molecular complexity index is 1230. The van der Waals surface area contributed by atoms with Crippen LogP contribution in [0.2, 0.25) is 0 Å². The summed E-state index contributed by atoms with van der Waals surface area (Å²) < 4.78 is 16.7. The number of pyridine rings is 1. The molecule has 1 aliphatic heterocycles. The van der Waals surface area contributed by atoms with Gasteiger partial charge in [0.2, 0.25) is 23.6 Å². The van der Waals surface area contributed by atoms with E-state index >= 15 is 0 Å². The lowest BCUT2D eigenvalue weighted by Crippen LogP contribution is -2.28. The molecule has 0 saturated carbocycles. The molecule has 0 aliphatic carbocycles. The van der Waals surface area contributed by atoms with Crippen LogP contribution in [0, 0.1) is 0 Å². The molecular formula is C24H26N4O7. The molecule has 0 radical (unpaired) electrons. The average Bonchev–Trinajstić information content (AvgIpc) is 3.44. The summed E-state index contributed by atoms with van der Waals surface area (Å²) in [4.78, 5) is 29.2. The zero-order valence-corrected chi connectivity index (χ0v) is 19.7. The van der Waals surface area contributed by atoms with E-state index in [2.05, 4.69) is 15.2 Å².